The summed E-state index contributed by atoms with van der Waals surface area (Å²) < 4.78 is 44.8. The van der Waals surface area contributed by atoms with Crippen LogP contribution in [0.15, 0.2) is 35.5 Å². The summed E-state index contributed by atoms with van der Waals surface area (Å²) >= 11 is 0. The van der Waals surface area contributed by atoms with Crippen molar-refractivity contribution in [1.82, 2.24) is 0 Å². The van der Waals surface area contributed by atoms with Gasteiger partial charge >= 0.3 is 12.1 Å². The highest BCUT2D eigenvalue weighted by Crippen LogP contribution is 2.47. The number of benzene rings is 1. The molecule has 1 aromatic rings. The van der Waals surface area contributed by atoms with E-state index in [2.05, 4.69) is 14.7 Å². The molecular weight excluding hydrogens is 275 g/mol. The maximum atomic E-state index is 13.4. The van der Waals surface area contributed by atoms with Crippen LogP contribution in [-0.2, 0) is 20.0 Å². The van der Waals surface area contributed by atoms with Gasteiger partial charge in [0.1, 0.15) is 0 Å². The maximum Gasteiger partial charge on any atom is 0.435 e. The van der Waals surface area contributed by atoms with Gasteiger partial charge in [0.05, 0.1) is 13.0 Å². The van der Waals surface area contributed by atoms with Gasteiger partial charge < -0.3 is 9.57 Å². The van der Waals surface area contributed by atoms with Gasteiger partial charge in [-0.25, -0.2) is 4.79 Å². The average molecular weight is 287 g/mol. The Morgan fingerprint density at radius 1 is 1.40 bits per heavy atom. The van der Waals surface area contributed by atoms with E-state index in [0.717, 1.165) is 0 Å². The minimum absolute atomic E-state index is 0.0577. The lowest BCUT2D eigenvalue weighted by Crippen LogP contribution is -2.43. The average Bonchev–Trinajstić information content (AvgIpc) is 2.86. The second-order valence-corrected chi connectivity index (χ2v) is 4.22. The fourth-order valence-electron chi connectivity index (χ4n) is 1.93. The first kappa shape index (κ1) is 14.4. The van der Waals surface area contributed by atoms with Gasteiger partial charge in [-0.3, -0.25) is 0 Å². The molecule has 0 fully saturated rings. The smallest absolute Gasteiger partial charge is 0.435 e. The summed E-state index contributed by atoms with van der Waals surface area (Å²) in [6, 6.07) is 7.10. The number of ether oxygens (including phenoxy) is 1. The molecule has 108 valence electrons. The number of alkyl halides is 3. The molecule has 0 amide bonds. The van der Waals surface area contributed by atoms with Crippen molar-refractivity contribution in [3.63, 3.8) is 0 Å². The third-order valence-corrected chi connectivity index (χ3v) is 2.94. The van der Waals surface area contributed by atoms with Crippen LogP contribution in [0.4, 0.5) is 13.2 Å². The van der Waals surface area contributed by atoms with E-state index in [1.807, 2.05) is 0 Å². The number of esters is 1. The minimum atomic E-state index is -4.70. The molecule has 1 heterocycles. The molecule has 1 atom stereocenters. The van der Waals surface area contributed by atoms with Crippen molar-refractivity contribution in [3.8, 4) is 0 Å². The van der Waals surface area contributed by atoms with E-state index < -0.39 is 24.2 Å². The molecule has 1 unspecified atom stereocenters. The Labute approximate surface area is 113 Å². The summed E-state index contributed by atoms with van der Waals surface area (Å²) in [6.07, 6.45) is -5.40. The van der Waals surface area contributed by atoms with Crippen molar-refractivity contribution >= 4 is 11.7 Å². The summed E-state index contributed by atoms with van der Waals surface area (Å²) in [5.74, 6) is -0.894. The predicted molar refractivity (Wildman–Crippen MR) is 63.9 cm³/mol. The molecule has 1 aliphatic heterocycles. The second-order valence-electron chi connectivity index (χ2n) is 4.22. The van der Waals surface area contributed by atoms with Gasteiger partial charge in [0.25, 0.3) is 5.60 Å². The van der Waals surface area contributed by atoms with E-state index in [1.54, 1.807) is 13.0 Å². The van der Waals surface area contributed by atoms with E-state index >= 15 is 0 Å². The van der Waals surface area contributed by atoms with Crippen molar-refractivity contribution in [2.45, 2.75) is 25.1 Å². The number of rotatable bonds is 3. The predicted octanol–water partition coefficient (Wildman–Crippen LogP) is 2.78. The number of carbonyl (C=O) groups is 1. The van der Waals surface area contributed by atoms with Crippen molar-refractivity contribution in [3.05, 3.63) is 35.9 Å². The van der Waals surface area contributed by atoms with Crippen molar-refractivity contribution in [2.75, 3.05) is 6.61 Å². The van der Waals surface area contributed by atoms with Crippen molar-refractivity contribution in [1.29, 1.82) is 0 Å². The van der Waals surface area contributed by atoms with Gasteiger partial charge in [-0.15, -0.1) is 0 Å². The number of carbonyl (C=O) groups excluding carboxylic acids is 1. The number of nitrogens with zero attached hydrogens (tertiary/aromatic N) is 1. The quantitative estimate of drug-likeness (QED) is 0.803. The molecule has 0 saturated heterocycles. The van der Waals surface area contributed by atoms with Gasteiger partial charge in [-0.1, -0.05) is 35.5 Å². The molecule has 4 nitrogen and oxygen atoms in total. The molecule has 2 rings (SSSR count). The zero-order valence-corrected chi connectivity index (χ0v) is 10.6. The SMILES string of the molecule is CCOC(=O)C1=NOC(c2ccccc2)(C(F)(F)F)C1. The van der Waals surface area contributed by atoms with Crippen LogP contribution in [0.1, 0.15) is 18.9 Å². The van der Waals surface area contributed by atoms with Crippen LogP contribution >= 0.6 is 0 Å². The molecular formula is C13H12F3NO3. The topological polar surface area (TPSA) is 47.9 Å². The van der Waals surface area contributed by atoms with Crippen LogP contribution in [-0.4, -0.2) is 24.5 Å². The summed E-state index contributed by atoms with van der Waals surface area (Å²) in [5, 5.41) is 3.27. The molecule has 0 bridgehead atoms. The summed E-state index contributed by atoms with van der Waals surface area (Å²) in [6.45, 7) is 1.62. The Kier molecular flexibility index (Phi) is 3.69. The Morgan fingerprint density at radius 3 is 2.60 bits per heavy atom. The first-order valence-corrected chi connectivity index (χ1v) is 5.95. The monoisotopic (exact) mass is 287 g/mol. The highest BCUT2D eigenvalue weighted by Gasteiger charge is 2.63. The van der Waals surface area contributed by atoms with E-state index in [-0.39, 0.29) is 17.9 Å². The maximum absolute atomic E-state index is 13.4. The second kappa shape index (κ2) is 5.15. The Hall–Kier alpha value is -2.05. The molecule has 1 aliphatic rings. The molecule has 0 radical (unpaired) electrons. The Balaban J connectivity index is 2.34. The highest BCUT2D eigenvalue weighted by molar-refractivity contribution is 6.36. The molecule has 0 spiro atoms. The van der Waals surface area contributed by atoms with Gasteiger partial charge in [-0.2, -0.15) is 13.2 Å². The fourth-order valence-corrected chi connectivity index (χ4v) is 1.93. The van der Waals surface area contributed by atoms with Crippen LogP contribution in [0.25, 0.3) is 0 Å². The van der Waals surface area contributed by atoms with Crippen LogP contribution in [0.3, 0.4) is 0 Å². The summed E-state index contributed by atoms with van der Waals surface area (Å²) in [5.41, 5.74) is -3.10. The lowest BCUT2D eigenvalue weighted by Gasteiger charge is -2.29. The fraction of sp³-hybridized carbons (Fsp3) is 0.385. The van der Waals surface area contributed by atoms with E-state index in [4.69, 9.17) is 0 Å². The van der Waals surface area contributed by atoms with Gasteiger partial charge in [0.2, 0.25) is 0 Å². The molecule has 0 saturated carbocycles. The number of halogens is 3. The first-order chi connectivity index (χ1) is 9.40. The molecule has 0 aromatic heterocycles. The third-order valence-electron chi connectivity index (χ3n) is 2.94. The van der Waals surface area contributed by atoms with E-state index in [0.29, 0.717) is 0 Å². The van der Waals surface area contributed by atoms with Gasteiger partial charge in [0.15, 0.2) is 5.71 Å². The Morgan fingerprint density at radius 2 is 2.05 bits per heavy atom. The van der Waals surface area contributed by atoms with Crippen LogP contribution < -0.4 is 0 Å². The summed E-state index contributed by atoms with van der Waals surface area (Å²) in [4.78, 5) is 16.1. The van der Waals surface area contributed by atoms with E-state index in [9.17, 15) is 18.0 Å². The molecule has 0 N–H and O–H groups in total. The third kappa shape index (κ3) is 2.35. The van der Waals surface area contributed by atoms with Crippen LogP contribution in [0, 0.1) is 0 Å². The first-order valence-electron chi connectivity index (χ1n) is 5.95. The summed E-state index contributed by atoms with van der Waals surface area (Å²) in [7, 11) is 0. The number of oxime groups is 1. The zero-order valence-electron chi connectivity index (χ0n) is 10.6. The van der Waals surface area contributed by atoms with Crippen LogP contribution in [0.5, 0.6) is 0 Å². The van der Waals surface area contributed by atoms with Crippen molar-refractivity contribution in [2.24, 2.45) is 5.16 Å². The Bertz CT molecular complexity index is 527. The zero-order chi connectivity index (χ0) is 14.8. The van der Waals surface area contributed by atoms with Crippen molar-refractivity contribution < 1.29 is 27.5 Å². The van der Waals surface area contributed by atoms with Gasteiger partial charge in [-0.05, 0) is 6.92 Å². The lowest BCUT2D eigenvalue weighted by atomic mass is 9.88. The van der Waals surface area contributed by atoms with Gasteiger partial charge in [0, 0.05) is 5.56 Å². The number of hydrogen-bond acceptors (Lipinski definition) is 4. The normalized spacial score (nSPS) is 22.1. The largest absolute Gasteiger partial charge is 0.461 e. The molecule has 20 heavy (non-hydrogen) atoms. The molecule has 7 heteroatoms. The lowest BCUT2D eigenvalue weighted by molar-refractivity contribution is -0.275. The minimum Gasteiger partial charge on any atom is -0.461 e. The highest BCUT2D eigenvalue weighted by atomic mass is 19.4. The molecule has 0 aliphatic carbocycles. The van der Waals surface area contributed by atoms with E-state index in [1.165, 1.54) is 24.3 Å². The van der Waals surface area contributed by atoms with Crippen LogP contribution in [0.2, 0.25) is 0 Å². The number of hydrogen-bond donors (Lipinski definition) is 0. The molecule has 1 aromatic carbocycles. The standard InChI is InChI=1S/C13H12F3NO3/c1-2-19-11(18)10-8-12(20-17-10,13(14,15)16)9-6-4-3-5-7-9/h3-7H,2,8H2,1H3.